The summed E-state index contributed by atoms with van der Waals surface area (Å²) in [6.45, 7) is 0.360. The lowest BCUT2D eigenvalue weighted by atomic mass is 10.2. The van der Waals surface area contributed by atoms with E-state index in [0.29, 0.717) is 17.9 Å². The van der Waals surface area contributed by atoms with E-state index in [1.54, 1.807) is 23.5 Å². The van der Waals surface area contributed by atoms with Crippen LogP contribution in [0.1, 0.15) is 16.1 Å². The van der Waals surface area contributed by atoms with Gasteiger partial charge in [0.05, 0.1) is 11.3 Å². The van der Waals surface area contributed by atoms with Crippen molar-refractivity contribution in [1.29, 1.82) is 0 Å². The summed E-state index contributed by atoms with van der Waals surface area (Å²) in [6.07, 6.45) is 4.67. The third-order valence-corrected chi connectivity index (χ3v) is 3.34. The minimum Gasteiger partial charge on any atom is -0.486 e. The summed E-state index contributed by atoms with van der Waals surface area (Å²) in [7, 11) is 0. The smallest absolute Gasteiger partial charge is 0.193 e. The maximum Gasteiger partial charge on any atom is 0.193 e. The SMILES string of the molecule is O=Cc1ccccc1OCc1cn2ccsc2n1. The number of fused-ring (bicyclic) bond motifs is 1. The number of aldehydes is 1. The topological polar surface area (TPSA) is 43.6 Å². The van der Waals surface area contributed by atoms with Crippen LogP contribution in [0.2, 0.25) is 0 Å². The van der Waals surface area contributed by atoms with Crippen LogP contribution in [-0.2, 0) is 6.61 Å². The molecule has 90 valence electrons. The quantitative estimate of drug-likeness (QED) is 0.676. The predicted octanol–water partition coefficient (Wildman–Crippen LogP) is 2.79. The predicted molar refractivity (Wildman–Crippen MR) is 69.2 cm³/mol. The van der Waals surface area contributed by atoms with Gasteiger partial charge in [-0.1, -0.05) is 12.1 Å². The molecule has 0 saturated heterocycles. The first-order chi connectivity index (χ1) is 8.86. The molecule has 0 aliphatic carbocycles. The molecule has 0 radical (unpaired) electrons. The van der Waals surface area contributed by atoms with E-state index in [0.717, 1.165) is 16.9 Å². The number of thiazole rings is 1. The molecule has 5 heteroatoms. The summed E-state index contributed by atoms with van der Waals surface area (Å²) < 4.78 is 7.56. The Hall–Kier alpha value is -2.14. The van der Waals surface area contributed by atoms with Gasteiger partial charge in [0.15, 0.2) is 11.2 Å². The number of benzene rings is 1. The van der Waals surface area contributed by atoms with Crippen LogP contribution < -0.4 is 4.74 Å². The van der Waals surface area contributed by atoms with Crippen molar-refractivity contribution >= 4 is 22.6 Å². The lowest BCUT2D eigenvalue weighted by Gasteiger charge is -2.05. The van der Waals surface area contributed by atoms with Crippen LogP contribution in [0.25, 0.3) is 4.96 Å². The molecule has 0 bridgehead atoms. The zero-order chi connectivity index (χ0) is 12.4. The highest BCUT2D eigenvalue weighted by Gasteiger charge is 2.05. The van der Waals surface area contributed by atoms with Gasteiger partial charge in [0.25, 0.3) is 0 Å². The number of ether oxygens (including phenoxy) is 1. The second kappa shape index (κ2) is 4.62. The second-order valence-electron chi connectivity index (χ2n) is 3.77. The van der Waals surface area contributed by atoms with Gasteiger partial charge >= 0.3 is 0 Å². The summed E-state index contributed by atoms with van der Waals surface area (Å²) in [5, 5.41) is 1.98. The molecule has 4 nitrogen and oxygen atoms in total. The molecular weight excluding hydrogens is 248 g/mol. The number of carbonyl (C=O) groups excluding carboxylic acids is 1. The third-order valence-electron chi connectivity index (χ3n) is 2.56. The highest BCUT2D eigenvalue weighted by Crippen LogP contribution is 2.18. The van der Waals surface area contributed by atoms with Crippen molar-refractivity contribution < 1.29 is 9.53 Å². The molecule has 0 atom stereocenters. The van der Waals surface area contributed by atoms with Gasteiger partial charge in [0.1, 0.15) is 12.4 Å². The molecule has 0 aliphatic heterocycles. The highest BCUT2D eigenvalue weighted by atomic mass is 32.1. The third kappa shape index (κ3) is 2.00. The van der Waals surface area contributed by atoms with Crippen LogP contribution in [0.15, 0.2) is 42.0 Å². The Balaban J connectivity index is 1.78. The highest BCUT2D eigenvalue weighted by molar-refractivity contribution is 7.15. The molecule has 0 aliphatic rings. The average molecular weight is 258 g/mol. The summed E-state index contributed by atoms with van der Waals surface area (Å²) in [6, 6.07) is 7.16. The van der Waals surface area contributed by atoms with Crippen molar-refractivity contribution in [3.63, 3.8) is 0 Å². The average Bonchev–Trinajstić information content (AvgIpc) is 2.97. The Morgan fingerprint density at radius 2 is 2.28 bits per heavy atom. The fourth-order valence-corrected chi connectivity index (χ4v) is 2.43. The monoisotopic (exact) mass is 258 g/mol. The minimum atomic E-state index is 0.360. The fraction of sp³-hybridized carbons (Fsp3) is 0.0769. The van der Waals surface area contributed by atoms with Crippen molar-refractivity contribution in [3.8, 4) is 5.75 Å². The number of hydrogen-bond donors (Lipinski definition) is 0. The molecule has 18 heavy (non-hydrogen) atoms. The van der Waals surface area contributed by atoms with Crippen molar-refractivity contribution in [1.82, 2.24) is 9.38 Å². The molecule has 0 spiro atoms. The Morgan fingerprint density at radius 3 is 3.11 bits per heavy atom. The summed E-state index contributed by atoms with van der Waals surface area (Å²) in [5.41, 5.74) is 1.40. The van der Waals surface area contributed by atoms with E-state index in [9.17, 15) is 4.79 Å². The molecule has 0 unspecified atom stereocenters. The molecule has 2 heterocycles. The van der Waals surface area contributed by atoms with E-state index in [4.69, 9.17) is 4.74 Å². The van der Waals surface area contributed by atoms with Crippen LogP contribution in [0.4, 0.5) is 0 Å². The normalized spacial score (nSPS) is 10.7. The lowest BCUT2D eigenvalue weighted by Crippen LogP contribution is -1.98. The molecule has 0 fully saturated rings. The Labute approximate surface area is 107 Å². The fourth-order valence-electron chi connectivity index (χ4n) is 1.71. The van der Waals surface area contributed by atoms with E-state index in [1.807, 2.05) is 34.3 Å². The lowest BCUT2D eigenvalue weighted by molar-refractivity contribution is 0.111. The van der Waals surface area contributed by atoms with Gasteiger partial charge in [-0.25, -0.2) is 4.98 Å². The Kier molecular flexibility index (Phi) is 2.82. The van der Waals surface area contributed by atoms with E-state index < -0.39 is 0 Å². The van der Waals surface area contributed by atoms with Gasteiger partial charge in [-0.2, -0.15) is 0 Å². The van der Waals surface area contributed by atoms with E-state index in [-0.39, 0.29) is 0 Å². The first-order valence-corrected chi connectivity index (χ1v) is 6.33. The van der Waals surface area contributed by atoms with Crippen molar-refractivity contribution in [2.45, 2.75) is 6.61 Å². The maximum absolute atomic E-state index is 10.8. The standard InChI is InChI=1S/C13H10N2O2S/c16-8-10-3-1-2-4-12(10)17-9-11-7-15-5-6-18-13(15)14-11/h1-8H,9H2. The molecule has 2 aromatic heterocycles. The van der Waals surface area contributed by atoms with Crippen molar-refractivity contribution in [3.05, 3.63) is 53.3 Å². The summed E-state index contributed by atoms with van der Waals surface area (Å²) in [5.74, 6) is 0.587. The molecule has 3 aromatic rings. The molecule has 0 saturated carbocycles. The molecule has 1 aromatic carbocycles. The Morgan fingerprint density at radius 1 is 1.39 bits per heavy atom. The maximum atomic E-state index is 10.8. The number of hydrogen-bond acceptors (Lipinski definition) is 4. The first kappa shape index (κ1) is 11.0. The number of aromatic nitrogens is 2. The zero-order valence-electron chi connectivity index (χ0n) is 9.45. The first-order valence-electron chi connectivity index (χ1n) is 5.45. The van der Waals surface area contributed by atoms with Gasteiger partial charge in [-0.3, -0.25) is 9.20 Å². The summed E-state index contributed by atoms with van der Waals surface area (Å²) >= 11 is 1.58. The van der Waals surface area contributed by atoms with Crippen LogP contribution in [0.3, 0.4) is 0 Å². The van der Waals surface area contributed by atoms with E-state index >= 15 is 0 Å². The zero-order valence-corrected chi connectivity index (χ0v) is 10.3. The number of para-hydroxylation sites is 1. The van der Waals surface area contributed by atoms with Crippen LogP contribution >= 0.6 is 11.3 Å². The summed E-state index contributed by atoms with van der Waals surface area (Å²) in [4.78, 5) is 16.2. The van der Waals surface area contributed by atoms with E-state index in [2.05, 4.69) is 4.98 Å². The van der Waals surface area contributed by atoms with Gasteiger partial charge in [0.2, 0.25) is 0 Å². The number of rotatable bonds is 4. The Bertz CT molecular complexity index is 658. The number of nitrogens with zero attached hydrogens (tertiary/aromatic N) is 2. The second-order valence-corrected chi connectivity index (χ2v) is 4.64. The molecule has 0 N–H and O–H groups in total. The van der Waals surface area contributed by atoms with Crippen molar-refractivity contribution in [2.75, 3.05) is 0 Å². The van der Waals surface area contributed by atoms with Crippen LogP contribution in [0.5, 0.6) is 5.75 Å². The van der Waals surface area contributed by atoms with E-state index in [1.165, 1.54) is 0 Å². The molecule has 3 rings (SSSR count). The van der Waals surface area contributed by atoms with Crippen LogP contribution in [0, 0.1) is 0 Å². The van der Waals surface area contributed by atoms with Gasteiger partial charge in [-0.05, 0) is 12.1 Å². The van der Waals surface area contributed by atoms with Crippen molar-refractivity contribution in [2.24, 2.45) is 0 Å². The number of carbonyl (C=O) groups is 1. The molecule has 0 amide bonds. The van der Waals surface area contributed by atoms with Crippen LogP contribution in [-0.4, -0.2) is 15.7 Å². The van der Waals surface area contributed by atoms with Gasteiger partial charge < -0.3 is 4.74 Å². The largest absolute Gasteiger partial charge is 0.486 e. The molecular formula is C13H10N2O2S. The number of imidazole rings is 1. The van der Waals surface area contributed by atoms with Gasteiger partial charge in [0, 0.05) is 17.8 Å². The van der Waals surface area contributed by atoms with Gasteiger partial charge in [-0.15, -0.1) is 11.3 Å². The minimum absolute atomic E-state index is 0.360.